The first-order valence-electron chi connectivity index (χ1n) is 11.3. The maximum atomic E-state index is 6.37. The highest BCUT2D eigenvalue weighted by molar-refractivity contribution is 5.85. The van der Waals surface area contributed by atoms with Crippen LogP contribution in [-0.2, 0) is 19.6 Å². The molecule has 0 aromatic heterocycles. The van der Waals surface area contributed by atoms with E-state index in [1.54, 1.807) is 7.11 Å². The fourth-order valence-corrected chi connectivity index (χ4v) is 4.16. The van der Waals surface area contributed by atoms with Gasteiger partial charge >= 0.3 is 0 Å². The number of hydrogen-bond acceptors (Lipinski definition) is 3. The van der Waals surface area contributed by atoms with Crippen LogP contribution in [0.3, 0.4) is 0 Å². The molecule has 4 rings (SSSR count). The molecule has 3 nitrogen and oxygen atoms in total. The van der Waals surface area contributed by atoms with Gasteiger partial charge in [0.15, 0.2) is 11.5 Å². The van der Waals surface area contributed by atoms with Gasteiger partial charge in [-0.05, 0) is 71.5 Å². The Bertz CT molecular complexity index is 1270. The van der Waals surface area contributed by atoms with Crippen LogP contribution in [0.2, 0.25) is 0 Å². The predicted octanol–water partition coefficient (Wildman–Crippen LogP) is 7.38. The van der Waals surface area contributed by atoms with Gasteiger partial charge in [-0.15, -0.1) is 6.58 Å². The third-order valence-electron chi connectivity index (χ3n) is 6.12. The van der Waals surface area contributed by atoms with Gasteiger partial charge in [0, 0.05) is 17.8 Å². The lowest BCUT2D eigenvalue weighted by Gasteiger charge is -2.18. The number of aryl methyl sites for hydroxylation is 1. The van der Waals surface area contributed by atoms with Crippen LogP contribution >= 0.6 is 0 Å². The number of allylic oxidation sites excluding steroid dienone is 1. The smallest absolute Gasteiger partial charge is 0.165 e. The molecular formula is C30H31NO2. The van der Waals surface area contributed by atoms with Gasteiger partial charge in [-0.1, -0.05) is 60.7 Å². The first-order valence-corrected chi connectivity index (χ1v) is 11.3. The molecule has 0 aliphatic rings. The van der Waals surface area contributed by atoms with E-state index in [2.05, 4.69) is 98.5 Å². The van der Waals surface area contributed by atoms with Crippen LogP contribution in [0, 0.1) is 13.8 Å². The molecule has 33 heavy (non-hydrogen) atoms. The third-order valence-corrected chi connectivity index (χ3v) is 6.12. The molecule has 0 saturated heterocycles. The largest absolute Gasteiger partial charge is 0.493 e. The second kappa shape index (κ2) is 10.3. The molecule has 0 aliphatic heterocycles. The molecule has 0 radical (unpaired) electrons. The summed E-state index contributed by atoms with van der Waals surface area (Å²) in [7, 11) is 1.69. The zero-order valence-corrected chi connectivity index (χ0v) is 19.7. The van der Waals surface area contributed by atoms with Crippen LogP contribution in [-0.4, -0.2) is 7.11 Å². The number of benzene rings is 4. The number of fused-ring (bicyclic) bond motifs is 1. The van der Waals surface area contributed by atoms with Crippen molar-refractivity contribution in [3.8, 4) is 11.5 Å². The molecule has 0 bridgehead atoms. The van der Waals surface area contributed by atoms with Gasteiger partial charge in [-0.3, -0.25) is 0 Å². The Morgan fingerprint density at radius 2 is 1.70 bits per heavy atom. The molecular weight excluding hydrogens is 406 g/mol. The molecule has 0 spiro atoms. The average molecular weight is 438 g/mol. The van der Waals surface area contributed by atoms with E-state index in [0.29, 0.717) is 19.6 Å². The van der Waals surface area contributed by atoms with Gasteiger partial charge in [-0.2, -0.15) is 0 Å². The van der Waals surface area contributed by atoms with Gasteiger partial charge in [0.05, 0.1) is 7.11 Å². The Labute approximate surface area is 196 Å². The van der Waals surface area contributed by atoms with E-state index in [0.717, 1.165) is 33.9 Å². The first-order chi connectivity index (χ1) is 16.1. The van der Waals surface area contributed by atoms with E-state index < -0.39 is 0 Å². The summed E-state index contributed by atoms with van der Waals surface area (Å²) in [5.41, 5.74) is 7.06. The fraction of sp³-hybridized carbons (Fsp3) is 0.200. The Morgan fingerprint density at radius 3 is 2.52 bits per heavy atom. The second-order valence-corrected chi connectivity index (χ2v) is 8.31. The summed E-state index contributed by atoms with van der Waals surface area (Å²) in [6, 6.07) is 25.3. The lowest BCUT2D eigenvalue weighted by atomic mass is 10.0. The highest BCUT2D eigenvalue weighted by atomic mass is 16.5. The number of hydrogen-bond donors (Lipinski definition) is 1. The predicted molar refractivity (Wildman–Crippen MR) is 138 cm³/mol. The third kappa shape index (κ3) is 5.04. The summed E-state index contributed by atoms with van der Waals surface area (Å²) in [4.78, 5) is 0. The van der Waals surface area contributed by atoms with Crippen molar-refractivity contribution in [2.24, 2.45) is 0 Å². The molecule has 1 N–H and O–H groups in total. The van der Waals surface area contributed by atoms with Crippen molar-refractivity contribution in [3.63, 3.8) is 0 Å². The van der Waals surface area contributed by atoms with Crippen LogP contribution in [0.25, 0.3) is 10.8 Å². The van der Waals surface area contributed by atoms with E-state index in [1.807, 2.05) is 6.08 Å². The molecule has 0 amide bonds. The quantitative estimate of drug-likeness (QED) is 0.277. The van der Waals surface area contributed by atoms with Crippen molar-refractivity contribution >= 4 is 16.5 Å². The highest BCUT2D eigenvalue weighted by Crippen LogP contribution is 2.35. The normalized spacial score (nSPS) is 10.8. The highest BCUT2D eigenvalue weighted by Gasteiger charge is 2.14. The fourth-order valence-electron chi connectivity index (χ4n) is 4.16. The maximum Gasteiger partial charge on any atom is 0.165 e. The van der Waals surface area contributed by atoms with Crippen molar-refractivity contribution < 1.29 is 9.47 Å². The van der Waals surface area contributed by atoms with Gasteiger partial charge in [0.1, 0.15) is 6.61 Å². The number of rotatable bonds is 9. The summed E-state index contributed by atoms with van der Waals surface area (Å²) in [6.45, 7) is 9.40. The minimum Gasteiger partial charge on any atom is -0.493 e. The van der Waals surface area contributed by atoms with Crippen molar-refractivity contribution in [2.75, 3.05) is 12.4 Å². The van der Waals surface area contributed by atoms with Crippen LogP contribution in [0.15, 0.2) is 85.5 Å². The zero-order chi connectivity index (χ0) is 23.2. The topological polar surface area (TPSA) is 30.5 Å². The number of anilines is 1. The second-order valence-electron chi connectivity index (χ2n) is 8.31. The van der Waals surface area contributed by atoms with Gasteiger partial charge in [0.2, 0.25) is 0 Å². The minimum absolute atomic E-state index is 0.474. The Morgan fingerprint density at radius 1 is 0.909 bits per heavy atom. The van der Waals surface area contributed by atoms with Crippen molar-refractivity contribution in [3.05, 3.63) is 113 Å². The zero-order valence-electron chi connectivity index (χ0n) is 19.7. The van der Waals surface area contributed by atoms with E-state index in [-0.39, 0.29) is 0 Å². The standard InChI is InChI=1S/C30H31NO2/c1-5-10-25-17-23(19-31-28-16-8-11-21(2)22(28)3)18-29(32-4)30(25)33-20-26-14-9-13-24-12-6-7-15-27(24)26/h5-9,11-18,31H,1,10,19-20H2,2-4H3. The lowest BCUT2D eigenvalue weighted by Crippen LogP contribution is -2.06. The summed E-state index contributed by atoms with van der Waals surface area (Å²) in [5, 5.41) is 5.99. The summed E-state index contributed by atoms with van der Waals surface area (Å²) in [6.07, 6.45) is 2.61. The molecule has 0 atom stereocenters. The van der Waals surface area contributed by atoms with E-state index >= 15 is 0 Å². The van der Waals surface area contributed by atoms with E-state index in [1.165, 1.54) is 21.9 Å². The SMILES string of the molecule is C=CCc1cc(CNc2cccc(C)c2C)cc(OC)c1OCc1cccc2ccccc12. The molecule has 4 aromatic rings. The number of methoxy groups -OCH3 is 1. The van der Waals surface area contributed by atoms with E-state index in [9.17, 15) is 0 Å². The summed E-state index contributed by atoms with van der Waals surface area (Å²) >= 11 is 0. The van der Waals surface area contributed by atoms with Crippen LogP contribution in [0.5, 0.6) is 11.5 Å². The van der Waals surface area contributed by atoms with Crippen LogP contribution in [0.1, 0.15) is 27.8 Å². The molecule has 0 aliphatic carbocycles. The van der Waals surface area contributed by atoms with E-state index in [4.69, 9.17) is 9.47 Å². The number of nitrogens with one attached hydrogen (secondary N) is 1. The molecule has 4 aromatic carbocycles. The summed E-state index contributed by atoms with van der Waals surface area (Å²) < 4.78 is 12.1. The van der Waals surface area contributed by atoms with Gasteiger partial charge in [-0.25, -0.2) is 0 Å². The molecule has 168 valence electrons. The molecule has 0 unspecified atom stereocenters. The Hall–Kier alpha value is -3.72. The van der Waals surface area contributed by atoms with Crippen molar-refractivity contribution in [1.29, 1.82) is 0 Å². The monoisotopic (exact) mass is 437 g/mol. The van der Waals surface area contributed by atoms with Crippen molar-refractivity contribution in [1.82, 2.24) is 0 Å². The van der Waals surface area contributed by atoms with Crippen LogP contribution in [0.4, 0.5) is 5.69 Å². The van der Waals surface area contributed by atoms with Gasteiger partial charge in [0.25, 0.3) is 0 Å². The molecule has 3 heteroatoms. The summed E-state index contributed by atoms with van der Waals surface area (Å²) in [5.74, 6) is 1.52. The molecule has 0 heterocycles. The minimum atomic E-state index is 0.474. The Kier molecular flexibility index (Phi) is 6.99. The maximum absolute atomic E-state index is 6.37. The van der Waals surface area contributed by atoms with Gasteiger partial charge < -0.3 is 14.8 Å². The lowest BCUT2D eigenvalue weighted by molar-refractivity contribution is 0.283. The Balaban J connectivity index is 1.59. The number of ether oxygens (including phenoxy) is 2. The van der Waals surface area contributed by atoms with Crippen LogP contribution < -0.4 is 14.8 Å². The molecule has 0 saturated carbocycles. The molecule has 0 fully saturated rings. The van der Waals surface area contributed by atoms with Crippen molar-refractivity contribution in [2.45, 2.75) is 33.4 Å². The average Bonchev–Trinajstić information content (AvgIpc) is 2.84. The first kappa shape index (κ1) is 22.5.